The molecule has 0 saturated carbocycles. The van der Waals surface area contributed by atoms with Crippen molar-refractivity contribution in [2.45, 2.75) is 25.7 Å². The first-order chi connectivity index (χ1) is 8.90. The van der Waals surface area contributed by atoms with Crippen molar-refractivity contribution in [3.05, 3.63) is 6.20 Å². The predicted molar refractivity (Wildman–Crippen MR) is 70.9 cm³/mol. The van der Waals surface area contributed by atoms with Crippen LogP contribution in [0.15, 0.2) is 6.20 Å². The summed E-state index contributed by atoms with van der Waals surface area (Å²) in [5, 5.41) is 11.3. The molecule has 0 unspecified atom stereocenters. The molecule has 100 valence electrons. The summed E-state index contributed by atoms with van der Waals surface area (Å²) in [5.41, 5.74) is 0. The van der Waals surface area contributed by atoms with Crippen molar-refractivity contribution in [3.63, 3.8) is 0 Å². The maximum atomic E-state index is 4.99. The van der Waals surface area contributed by atoms with Crippen LogP contribution in [0.3, 0.4) is 0 Å². The summed E-state index contributed by atoms with van der Waals surface area (Å²) in [6.07, 6.45) is 6.68. The third-order valence-corrected chi connectivity index (χ3v) is 3.05. The number of methoxy groups -OCH3 is 1. The van der Waals surface area contributed by atoms with E-state index in [4.69, 9.17) is 4.74 Å². The normalized spacial score (nSPS) is 16.4. The molecule has 2 heterocycles. The maximum Gasteiger partial charge on any atom is 0.247 e. The molecule has 18 heavy (non-hydrogen) atoms. The summed E-state index contributed by atoms with van der Waals surface area (Å²) in [6.45, 7) is 3.45. The average molecular weight is 251 g/mol. The Labute approximate surface area is 108 Å². The Morgan fingerprint density at radius 1 is 1.28 bits per heavy atom. The second-order valence-corrected chi connectivity index (χ2v) is 4.46. The van der Waals surface area contributed by atoms with Gasteiger partial charge in [0.1, 0.15) is 0 Å². The lowest BCUT2D eigenvalue weighted by Crippen LogP contribution is -2.26. The largest absolute Gasteiger partial charge is 0.383 e. The number of rotatable bonds is 5. The van der Waals surface area contributed by atoms with E-state index in [0.717, 1.165) is 31.4 Å². The van der Waals surface area contributed by atoms with Crippen LogP contribution in [0.1, 0.15) is 25.7 Å². The van der Waals surface area contributed by atoms with Gasteiger partial charge in [-0.25, -0.2) is 0 Å². The lowest BCUT2D eigenvalue weighted by atomic mass is 10.2. The highest BCUT2D eigenvalue weighted by Gasteiger charge is 2.13. The van der Waals surface area contributed by atoms with Gasteiger partial charge in [-0.3, -0.25) is 0 Å². The SMILES string of the molecule is COCCNc1cnnc(N2CCCCCC2)n1. The highest BCUT2D eigenvalue weighted by Crippen LogP contribution is 2.15. The van der Waals surface area contributed by atoms with Gasteiger partial charge in [-0.05, 0) is 12.8 Å². The standard InChI is InChI=1S/C12H21N5O/c1-18-9-6-13-11-10-14-16-12(15-11)17-7-4-2-3-5-8-17/h10H,2-9H2,1H3,(H,13,15,16). The van der Waals surface area contributed by atoms with E-state index in [1.165, 1.54) is 25.7 Å². The number of ether oxygens (including phenoxy) is 1. The Morgan fingerprint density at radius 3 is 2.78 bits per heavy atom. The first-order valence-corrected chi connectivity index (χ1v) is 6.57. The molecule has 1 aromatic heterocycles. The third kappa shape index (κ3) is 3.80. The van der Waals surface area contributed by atoms with Crippen molar-refractivity contribution in [3.8, 4) is 0 Å². The van der Waals surface area contributed by atoms with Gasteiger partial charge in [0.15, 0.2) is 5.82 Å². The number of aromatic nitrogens is 3. The second-order valence-electron chi connectivity index (χ2n) is 4.46. The minimum atomic E-state index is 0.656. The second kappa shape index (κ2) is 7.10. The number of hydrogen-bond donors (Lipinski definition) is 1. The monoisotopic (exact) mass is 251 g/mol. The van der Waals surface area contributed by atoms with Gasteiger partial charge in [-0.1, -0.05) is 12.8 Å². The molecule has 6 heteroatoms. The molecule has 1 aliphatic heterocycles. The molecular formula is C12H21N5O. The Kier molecular flexibility index (Phi) is 5.14. The van der Waals surface area contributed by atoms with Gasteiger partial charge in [0, 0.05) is 26.7 Å². The van der Waals surface area contributed by atoms with E-state index in [1.807, 2.05) is 0 Å². The summed E-state index contributed by atoms with van der Waals surface area (Å²) in [5.74, 6) is 1.50. The van der Waals surface area contributed by atoms with Crippen LogP contribution in [-0.4, -0.2) is 48.5 Å². The van der Waals surface area contributed by atoms with E-state index in [-0.39, 0.29) is 0 Å². The van der Waals surface area contributed by atoms with Crippen LogP contribution < -0.4 is 10.2 Å². The van der Waals surface area contributed by atoms with Gasteiger partial charge in [0.25, 0.3) is 0 Å². The number of hydrogen-bond acceptors (Lipinski definition) is 6. The van der Waals surface area contributed by atoms with Crippen molar-refractivity contribution < 1.29 is 4.74 Å². The van der Waals surface area contributed by atoms with E-state index in [0.29, 0.717) is 6.61 Å². The number of nitrogens with zero attached hydrogens (tertiary/aromatic N) is 4. The van der Waals surface area contributed by atoms with E-state index in [2.05, 4.69) is 25.4 Å². The zero-order valence-corrected chi connectivity index (χ0v) is 10.9. The molecule has 1 aromatic rings. The summed E-state index contributed by atoms with van der Waals surface area (Å²) in [6, 6.07) is 0. The molecule has 1 N–H and O–H groups in total. The quantitative estimate of drug-likeness (QED) is 0.796. The van der Waals surface area contributed by atoms with Gasteiger partial charge in [0.2, 0.25) is 5.95 Å². The van der Waals surface area contributed by atoms with Gasteiger partial charge in [-0.2, -0.15) is 10.1 Å². The highest BCUT2D eigenvalue weighted by atomic mass is 16.5. The summed E-state index contributed by atoms with van der Waals surface area (Å²) < 4.78 is 4.99. The summed E-state index contributed by atoms with van der Waals surface area (Å²) >= 11 is 0. The Balaban J connectivity index is 1.96. The predicted octanol–water partition coefficient (Wildman–Crippen LogP) is 1.31. The fourth-order valence-electron chi connectivity index (χ4n) is 2.07. The van der Waals surface area contributed by atoms with Crippen molar-refractivity contribution in [2.24, 2.45) is 0 Å². The van der Waals surface area contributed by atoms with Crippen molar-refractivity contribution in [2.75, 3.05) is 43.6 Å². The van der Waals surface area contributed by atoms with Gasteiger partial charge < -0.3 is 15.0 Å². The molecule has 0 amide bonds. The van der Waals surface area contributed by atoms with Crippen LogP contribution >= 0.6 is 0 Å². The smallest absolute Gasteiger partial charge is 0.247 e. The molecule has 1 aliphatic rings. The topological polar surface area (TPSA) is 63.2 Å². The van der Waals surface area contributed by atoms with Gasteiger partial charge in [-0.15, -0.1) is 5.10 Å². The van der Waals surface area contributed by atoms with Crippen molar-refractivity contribution in [1.82, 2.24) is 15.2 Å². The Hall–Kier alpha value is -1.43. The fourth-order valence-corrected chi connectivity index (χ4v) is 2.07. The highest BCUT2D eigenvalue weighted by molar-refractivity contribution is 5.38. The molecule has 0 bridgehead atoms. The molecular weight excluding hydrogens is 230 g/mol. The molecule has 6 nitrogen and oxygen atoms in total. The number of nitrogens with one attached hydrogen (secondary N) is 1. The fraction of sp³-hybridized carbons (Fsp3) is 0.750. The van der Waals surface area contributed by atoms with Crippen molar-refractivity contribution in [1.29, 1.82) is 0 Å². The first-order valence-electron chi connectivity index (χ1n) is 6.57. The zero-order chi connectivity index (χ0) is 12.6. The van der Waals surface area contributed by atoms with Crippen LogP contribution in [0.25, 0.3) is 0 Å². The van der Waals surface area contributed by atoms with Crippen LogP contribution in [0.4, 0.5) is 11.8 Å². The van der Waals surface area contributed by atoms with Crippen LogP contribution in [0.5, 0.6) is 0 Å². The minimum absolute atomic E-state index is 0.656. The van der Waals surface area contributed by atoms with Crippen LogP contribution in [0.2, 0.25) is 0 Å². The molecule has 2 rings (SSSR count). The first kappa shape index (κ1) is 13.0. The van der Waals surface area contributed by atoms with E-state index in [1.54, 1.807) is 13.3 Å². The Bertz CT molecular complexity index is 352. The maximum absolute atomic E-state index is 4.99. The molecule has 1 saturated heterocycles. The minimum Gasteiger partial charge on any atom is -0.383 e. The van der Waals surface area contributed by atoms with Crippen LogP contribution in [0, 0.1) is 0 Å². The van der Waals surface area contributed by atoms with Gasteiger partial charge >= 0.3 is 0 Å². The molecule has 0 spiro atoms. The molecule has 0 atom stereocenters. The average Bonchev–Trinajstić information content (AvgIpc) is 2.68. The summed E-state index contributed by atoms with van der Waals surface area (Å²) in [7, 11) is 1.68. The zero-order valence-electron chi connectivity index (χ0n) is 10.9. The molecule has 1 fully saturated rings. The lowest BCUT2D eigenvalue weighted by molar-refractivity contribution is 0.210. The lowest BCUT2D eigenvalue weighted by Gasteiger charge is -2.19. The van der Waals surface area contributed by atoms with Crippen LogP contribution in [-0.2, 0) is 4.74 Å². The van der Waals surface area contributed by atoms with E-state index < -0.39 is 0 Å². The summed E-state index contributed by atoms with van der Waals surface area (Å²) in [4.78, 5) is 6.72. The van der Waals surface area contributed by atoms with E-state index in [9.17, 15) is 0 Å². The van der Waals surface area contributed by atoms with Gasteiger partial charge in [0.05, 0.1) is 12.8 Å². The molecule has 0 aromatic carbocycles. The Morgan fingerprint density at radius 2 is 2.06 bits per heavy atom. The molecule has 0 aliphatic carbocycles. The molecule has 0 radical (unpaired) electrons. The third-order valence-electron chi connectivity index (χ3n) is 3.05. The van der Waals surface area contributed by atoms with Crippen molar-refractivity contribution >= 4 is 11.8 Å². The van der Waals surface area contributed by atoms with E-state index >= 15 is 0 Å². The number of anilines is 2.